The number of benzene rings is 6. The zero-order chi connectivity index (χ0) is 33.0. The van der Waals surface area contributed by atoms with Gasteiger partial charge in [-0.2, -0.15) is 0 Å². The second-order valence-electron chi connectivity index (χ2n) is 12.4. The lowest BCUT2D eigenvalue weighted by molar-refractivity contribution is 0.669. The monoisotopic (exact) mass is 641 g/mol. The van der Waals surface area contributed by atoms with Crippen LogP contribution in [0, 0.1) is 0 Å². The van der Waals surface area contributed by atoms with E-state index in [1.165, 1.54) is 0 Å². The van der Waals surface area contributed by atoms with Crippen molar-refractivity contribution in [2.45, 2.75) is 0 Å². The van der Waals surface area contributed by atoms with Gasteiger partial charge in [-0.15, -0.1) is 0 Å². The van der Waals surface area contributed by atoms with E-state index >= 15 is 0 Å². The number of nitrogens with zero attached hydrogens (tertiary/aromatic N) is 3. The standard InChI is InChI=1S/C45H27N3O2/c1-2-12-28(13-3-1)38-27-39(48-45(47-38)30-15-10-14-29(26-30)37-20-8-9-25-46-37)35-24-23-32(42-36-17-5-7-22-41(36)50-44(35)42)34-19-11-18-33-31-16-4-6-21-40(31)49-43(33)34/h1-27H. The van der Waals surface area contributed by atoms with Crippen LogP contribution < -0.4 is 0 Å². The molecule has 234 valence electrons. The van der Waals surface area contributed by atoms with Crippen LogP contribution in [0.4, 0.5) is 0 Å². The van der Waals surface area contributed by atoms with E-state index in [9.17, 15) is 0 Å². The van der Waals surface area contributed by atoms with Gasteiger partial charge in [0.05, 0.1) is 17.1 Å². The summed E-state index contributed by atoms with van der Waals surface area (Å²) in [7, 11) is 0. The Labute approximate surface area is 287 Å². The third kappa shape index (κ3) is 4.60. The Hall–Kier alpha value is -6.85. The van der Waals surface area contributed by atoms with Crippen LogP contribution in [-0.2, 0) is 0 Å². The Morgan fingerprint density at radius 1 is 0.380 bits per heavy atom. The first-order chi connectivity index (χ1) is 24.8. The molecule has 0 saturated carbocycles. The summed E-state index contributed by atoms with van der Waals surface area (Å²) in [6.45, 7) is 0. The lowest BCUT2D eigenvalue weighted by atomic mass is 9.94. The van der Waals surface area contributed by atoms with E-state index in [1.807, 2.05) is 79.0 Å². The Morgan fingerprint density at radius 2 is 1.04 bits per heavy atom. The van der Waals surface area contributed by atoms with Crippen molar-refractivity contribution in [2.75, 3.05) is 0 Å². The van der Waals surface area contributed by atoms with Crippen LogP contribution in [0.2, 0.25) is 0 Å². The minimum Gasteiger partial charge on any atom is -0.455 e. The summed E-state index contributed by atoms with van der Waals surface area (Å²) in [5.74, 6) is 0.625. The molecule has 0 spiro atoms. The zero-order valence-electron chi connectivity index (χ0n) is 26.7. The van der Waals surface area contributed by atoms with Gasteiger partial charge < -0.3 is 8.83 Å². The molecule has 6 aromatic carbocycles. The molecule has 0 bridgehead atoms. The molecular weight excluding hydrogens is 615 g/mol. The van der Waals surface area contributed by atoms with Crippen molar-refractivity contribution >= 4 is 43.9 Å². The van der Waals surface area contributed by atoms with Crippen LogP contribution in [0.15, 0.2) is 173 Å². The maximum absolute atomic E-state index is 6.74. The topological polar surface area (TPSA) is 65.0 Å². The Morgan fingerprint density at radius 3 is 1.90 bits per heavy atom. The second-order valence-corrected chi connectivity index (χ2v) is 12.4. The van der Waals surface area contributed by atoms with Crippen LogP contribution in [0.5, 0.6) is 0 Å². The predicted octanol–water partition coefficient (Wildman–Crippen LogP) is 12.0. The number of pyridine rings is 1. The van der Waals surface area contributed by atoms with Crippen LogP contribution >= 0.6 is 0 Å². The molecule has 10 rings (SSSR count). The third-order valence-corrected chi connectivity index (χ3v) is 9.37. The molecule has 0 aliphatic heterocycles. The highest BCUT2D eigenvalue weighted by Gasteiger charge is 2.22. The average Bonchev–Trinajstić information content (AvgIpc) is 3.77. The summed E-state index contributed by atoms with van der Waals surface area (Å²) in [6.07, 6.45) is 1.81. The number of para-hydroxylation sites is 3. The number of furan rings is 2. The van der Waals surface area contributed by atoms with Crippen LogP contribution in [0.1, 0.15) is 0 Å². The summed E-state index contributed by atoms with van der Waals surface area (Å²) >= 11 is 0. The molecule has 0 aliphatic carbocycles. The molecule has 5 heteroatoms. The van der Waals surface area contributed by atoms with E-state index < -0.39 is 0 Å². The maximum Gasteiger partial charge on any atom is 0.160 e. The molecule has 0 amide bonds. The molecule has 4 aromatic heterocycles. The average molecular weight is 642 g/mol. The Balaban J connectivity index is 1.22. The van der Waals surface area contributed by atoms with Gasteiger partial charge in [-0.3, -0.25) is 4.98 Å². The van der Waals surface area contributed by atoms with Gasteiger partial charge in [0.25, 0.3) is 0 Å². The van der Waals surface area contributed by atoms with Crippen molar-refractivity contribution in [3.63, 3.8) is 0 Å². The molecule has 4 heterocycles. The molecule has 0 radical (unpaired) electrons. The normalized spacial score (nSPS) is 11.6. The van der Waals surface area contributed by atoms with Gasteiger partial charge in [-0.25, -0.2) is 9.97 Å². The quantitative estimate of drug-likeness (QED) is 0.187. The van der Waals surface area contributed by atoms with Gasteiger partial charge in [0.2, 0.25) is 0 Å². The summed E-state index contributed by atoms with van der Waals surface area (Å²) in [4.78, 5) is 14.9. The molecule has 0 aliphatic rings. The van der Waals surface area contributed by atoms with Crippen molar-refractivity contribution < 1.29 is 8.83 Å². The van der Waals surface area contributed by atoms with Crippen molar-refractivity contribution in [1.82, 2.24) is 15.0 Å². The van der Waals surface area contributed by atoms with Crippen molar-refractivity contribution in [3.8, 4) is 56.3 Å². The highest BCUT2D eigenvalue weighted by molar-refractivity contribution is 6.19. The van der Waals surface area contributed by atoms with Gasteiger partial charge in [-0.1, -0.05) is 115 Å². The van der Waals surface area contributed by atoms with Crippen LogP contribution in [0.3, 0.4) is 0 Å². The highest BCUT2D eigenvalue weighted by Crippen LogP contribution is 2.45. The molecular formula is C45H27N3O2. The molecule has 10 aromatic rings. The van der Waals surface area contributed by atoms with Gasteiger partial charge >= 0.3 is 0 Å². The lowest BCUT2D eigenvalue weighted by Gasteiger charge is -2.12. The number of aromatic nitrogens is 3. The van der Waals surface area contributed by atoms with Gasteiger partial charge in [0.1, 0.15) is 22.3 Å². The van der Waals surface area contributed by atoms with E-state index in [1.54, 1.807) is 0 Å². The van der Waals surface area contributed by atoms with Gasteiger partial charge in [0, 0.05) is 55.6 Å². The van der Waals surface area contributed by atoms with Crippen molar-refractivity contribution in [2.24, 2.45) is 0 Å². The SMILES string of the molecule is c1ccc(-c2cc(-c3ccc(-c4cccc5c4oc4ccccc45)c4c3oc3ccccc34)nc(-c3cccc(-c4ccccn4)c3)n2)cc1. The molecule has 0 fully saturated rings. The Kier molecular flexibility index (Phi) is 6.42. The first-order valence-electron chi connectivity index (χ1n) is 16.6. The number of hydrogen-bond acceptors (Lipinski definition) is 5. The molecule has 0 atom stereocenters. The third-order valence-electron chi connectivity index (χ3n) is 9.37. The van der Waals surface area contributed by atoms with Crippen LogP contribution in [0.25, 0.3) is 100 Å². The van der Waals surface area contributed by atoms with E-state index in [2.05, 4.69) is 89.9 Å². The first-order valence-corrected chi connectivity index (χ1v) is 16.6. The molecule has 5 nitrogen and oxygen atoms in total. The zero-order valence-corrected chi connectivity index (χ0v) is 26.7. The van der Waals surface area contributed by atoms with E-state index in [-0.39, 0.29) is 0 Å². The maximum atomic E-state index is 6.74. The van der Waals surface area contributed by atoms with E-state index in [4.69, 9.17) is 18.8 Å². The first kappa shape index (κ1) is 28.2. The fourth-order valence-corrected chi connectivity index (χ4v) is 7.04. The van der Waals surface area contributed by atoms with Crippen LogP contribution in [-0.4, -0.2) is 15.0 Å². The fraction of sp³-hybridized carbons (Fsp3) is 0. The fourth-order valence-electron chi connectivity index (χ4n) is 7.04. The van der Waals surface area contributed by atoms with E-state index in [0.29, 0.717) is 5.82 Å². The molecule has 50 heavy (non-hydrogen) atoms. The van der Waals surface area contributed by atoms with Gasteiger partial charge in [0.15, 0.2) is 5.82 Å². The smallest absolute Gasteiger partial charge is 0.160 e. The number of hydrogen-bond donors (Lipinski definition) is 0. The summed E-state index contributed by atoms with van der Waals surface area (Å²) in [5.41, 5.74) is 11.7. The molecule has 0 N–H and O–H groups in total. The molecule has 0 saturated heterocycles. The summed E-state index contributed by atoms with van der Waals surface area (Å²) < 4.78 is 13.2. The highest BCUT2D eigenvalue weighted by atomic mass is 16.3. The molecule has 0 unspecified atom stereocenters. The predicted molar refractivity (Wildman–Crippen MR) is 202 cm³/mol. The largest absolute Gasteiger partial charge is 0.455 e. The van der Waals surface area contributed by atoms with Crippen molar-refractivity contribution in [3.05, 3.63) is 164 Å². The second kappa shape index (κ2) is 11.4. The number of rotatable bonds is 5. The van der Waals surface area contributed by atoms with Gasteiger partial charge in [-0.05, 0) is 48.0 Å². The number of fused-ring (bicyclic) bond motifs is 6. The minimum atomic E-state index is 0.625. The summed E-state index contributed by atoms with van der Waals surface area (Å²) in [5, 5.41) is 4.24. The van der Waals surface area contributed by atoms with Crippen molar-refractivity contribution in [1.29, 1.82) is 0 Å². The van der Waals surface area contributed by atoms with E-state index in [0.717, 1.165) is 94.3 Å². The summed E-state index contributed by atoms with van der Waals surface area (Å²) in [6, 6.07) is 53.5. The lowest BCUT2D eigenvalue weighted by Crippen LogP contribution is -1.97. The minimum absolute atomic E-state index is 0.625. The Bertz CT molecular complexity index is 2870.